The summed E-state index contributed by atoms with van der Waals surface area (Å²) >= 11 is 0. The minimum absolute atomic E-state index is 0.0894. The summed E-state index contributed by atoms with van der Waals surface area (Å²) < 4.78 is 19.8. The fourth-order valence-electron chi connectivity index (χ4n) is 4.74. The van der Waals surface area contributed by atoms with E-state index >= 15 is 0 Å². The van der Waals surface area contributed by atoms with Gasteiger partial charge in [-0.2, -0.15) is 4.98 Å². The van der Waals surface area contributed by atoms with Gasteiger partial charge < -0.3 is 15.5 Å². The van der Waals surface area contributed by atoms with E-state index in [0.717, 1.165) is 54.1 Å². The number of piperidine rings is 1. The van der Waals surface area contributed by atoms with Crippen molar-refractivity contribution in [2.75, 3.05) is 35.6 Å². The summed E-state index contributed by atoms with van der Waals surface area (Å²) in [6, 6.07) is 15.2. The lowest BCUT2D eigenvalue weighted by atomic mass is 10.0. The maximum Gasteiger partial charge on any atom is 0.228 e. The lowest BCUT2D eigenvalue weighted by Gasteiger charge is -2.29. The number of halogens is 1. The Balaban J connectivity index is 1.38. The molecule has 1 saturated carbocycles. The van der Waals surface area contributed by atoms with Crippen LogP contribution in [0.25, 0.3) is 10.9 Å². The fraction of sp³-hybridized carbons (Fsp3) is 0.462. The lowest BCUT2D eigenvalue weighted by molar-refractivity contribution is 0.244. The van der Waals surface area contributed by atoms with Crippen LogP contribution in [0.5, 0.6) is 0 Å². The molecule has 2 N–H and O–H groups in total. The number of fused-ring (bicyclic) bond motifs is 2. The molecule has 0 spiro atoms. The first kappa shape index (κ1) is 21.9. The zero-order valence-corrected chi connectivity index (χ0v) is 20.3. The maximum atomic E-state index is 14.7. The maximum absolute atomic E-state index is 14.7. The predicted octanol–water partition coefficient (Wildman–Crippen LogP) is 4.39. The zero-order chi connectivity index (χ0) is 23.1. The predicted molar refractivity (Wildman–Crippen MR) is 138 cm³/mol. The van der Waals surface area contributed by atoms with Crippen molar-refractivity contribution in [2.24, 2.45) is 4.36 Å². The minimum atomic E-state index is -0.942. The molecule has 6 nitrogen and oxygen atoms in total. The van der Waals surface area contributed by atoms with E-state index in [2.05, 4.69) is 64.9 Å². The van der Waals surface area contributed by atoms with Gasteiger partial charge in [0.1, 0.15) is 12.0 Å². The highest BCUT2D eigenvalue weighted by atomic mass is 32.2. The van der Waals surface area contributed by atoms with Gasteiger partial charge in [-0.25, -0.2) is 9.37 Å². The van der Waals surface area contributed by atoms with Crippen molar-refractivity contribution >= 4 is 33.4 Å². The molecule has 2 fully saturated rings. The van der Waals surface area contributed by atoms with E-state index in [1.165, 1.54) is 23.3 Å². The second-order valence-corrected chi connectivity index (χ2v) is 11.4. The van der Waals surface area contributed by atoms with Crippen molar-refractivity contribution < 1.29 is 4.39 Å². The summed E-state index contributed by atoms with van der Waals surface area (Å²) in [4.78, 5) is 13.6. The molecule has 0 bridgehead atoms. The zero-order valence-electron chi connectivity index (χ0n) is 19.5. The smallest absolute Gasteiger partial charge is 0.228 e. The van der Waals surface area contributed by atoms with Crippen LogP contribution in [0.4, 0.5) is 16.2 Å². The number of rotatable bonds is 4. The van der Waals surface area contributed by atoms with Gasteiger partial charge in [-0.15, -0.1) is 0 Å². The van der Waals surface area contributed by atoms with Crippen molar-refractivity contribution in [1.29, 1.82) is 0 Å². The van der Waals surface area contributed by atoms with Gasteiger partial charge in [0.05, 0.1) is 17.6 Å². The van der Waals surface area contributed by atoms with Gasteiger partial charge in [0.25, 0.3) is 0 Å². The summed E-state index contributed by atoms with van der Waals surface area (Å²) in [5.41, 5.74) is 3.34. The van der Waals surface area contributed by atoms with Gasteiger partial charge in [-0.3, -0.25) is 4.36 Å². The molecule has 0 radical (unpaired) electrons. The van der Waals surface area contributed by atoms with Crippen LogP contribution < -0.4 is 15.5 Å². The summed E-state index contributed by atoms with van der Waals surface area (Å²) in [5.74, 6) is 2.42. The Morgan fingerprint density at radius 3 is 2.88 bits per heavy atom. The van der Waals surface area contributed by atoms with Crippen LogP contribution in [0.3, 0.4) is 0 Å². The Morgan fingerprint density at radius 2 is 2.03 bits per heavy atom. The molecule has 3 atom stereocenters. The molecule has 178 valence electrons. The Bertz CT molecular complexity index is 1240. The number of hydrogen-bond acceptors (Lipinski definition) is 6. The molecular weight excluding hydrogens is 447 g/mol. The summed E-state index contributed by atoms with van der Waals surface area (Å²) in [7, 11) is -0.0894. The number of benzene rings is 2. The number of nitrogens with one attached hydrogen (secondary N) is 2. The van der Waals surface area contributed by atoms with Crippen LogP contribution in [-0.4, -0.2) is 53.6 Å². The third kappa shape index (κ3) is 4.53. The lowest BCUT2D eigenvalue weighted by Crippen LogP contribution is -2.45. The van der Waals surface area contributed by atoms with Crippen LogP contribution in [-0.2, 0) is 17.2 Å². The van der Waals surface area contributed by atoms with Gasteiger partial charge in [0.2, 0.25) is 5.95 Å². The summed E-state index contributed by atoms with van der Waals surface area (Å²) in [6.45, 7) is 4.86. The molecule has 0 amide bonds. The molecule has 6 rings (SSSR count). The summed E-state index contributed by atoms with van der Waals surface area (Å²) in [6.07, 6.45) is 2.24. The van der Waals surface area contributed by atoms with Crippen molar-refractivity contribution in [3.8, 4) is 0 Å². The van der Waals surface area contributed by atoms with Crippen molar-refractivity contribution in [3.05, 3.63) is 53.6 Å². The molecule has 34 heavy (non-hydrogen) atoms. The Morgan fingerprint density at radius 1 is 1.15 bits per heavy atom. The minimum Gasteiger partial charge on any atom is -0.364 e. The molecule has 3 unspecified atom stereocenters. The van der Waals surface area contributed by atoms with Crippen molar-refractivity contribution in [1.82, 2.24) is 15.3 Å². The summed E-state index contributed by atoms with van der Waals surface area (Å²) in [5, 5.41) is 7.53. The van der Waals surface area contributed by atoms with E-state index in [0.29, 0.717) is 18.5 Å². The highest BCUT2D eigenvalue weighted by Gasteiger charge is 2.27. The third-order valence-corrected chi connectivity index (χ3v) is 8.85. The SMILES string of the molecule is Cc1ccc2nc(N3CCS(=NC4CC4)c4ccccc4C3)nc(NC3CCNCC3F)c2c1. The fourth-order valence-corrected chi connectivity index (χ4v) is 6.81. The molecule has 8 heteroatoms. The van der Waals surface area contributed by atoms with Crippen LogP contribution in [0.15, 0.2) is 51.7 Å². The van der Waals surface area contributed by atoms with Crippen LogP contribution >= 0.6 is 0 Å². The highest BCUT2D eigenvalue weighted by molar-refractivity contribution is 7.87. The van der Waals surface area contributed by atoms with Crippen LogP contribution in [0, 0.1) is 6.92 Å². The number of anilines is 2. The molecule has 3 heterocycles. The molecule has 3 aliphatic rings. The van der Waals surface area contributed by atoms with E-state index in [-0.39, 0.29) is 16.7 Å². The molecule has 3 aromatic rings. The van der Waals surface area contributed by atoms with Crippen LogP contribution in [0.2, 0.25) is 0 Å². The van der Waals surface area contributed by atoms with Gasteiger partial charge in [-0.1, -0.05) is 40.5 Å². The third-order valence-electron chi connectivity index (χ3n) is 6.82. The van der Waals surface area contributed by atoms with Gasteiger partial charge >= 0.3 is 0 Å². The largest absolute Gasteiger partial charge is 0.364 e. The van der Waals surface area contributed by atoms with Gasteiger partial charge in [0, 0.05) is 35.7 Å². The number of aryl methyl sites for hydroxylation is 1. The molecule has 2 aromatic carbocycles. The average Bonchev–Trinajstić information content (AvgIpc) is 3.68. The number of nitrogens with zero attached hydrogens (tertiary/aromatic N) is 4. The second kappa shape index (κ2) is 9.23. The van der Waals surface area contributed by atoms with Crippen molar-refractivity contribution in [2.45, 2.75) is 55.9 Å². The second-order valence-electron chi connectivity index (χ2n) is 9.59. The number of alkyl halides is 1. The van der Waals surface area contributed by atoms with E-state index in [4.69, 9.17) is 14.3 Å². The Kier molecular flexibility index (Phi) is 5.95. The number of hydrogen-bond donors (Lipinski definition) is 2. The normalized spacial score (nSPS) is 25.2. The quantitative estimate of drug-likeness (QED) is 0.582. The van der Waals surface area contributed by atoms with E-state index in [9.17, 15) is 4.39 Å². The molecular formula is C26H31FN6S. The van der Waals surface area contributed by atoms with E-state index in [1.54, 1.807) is 0 Å². The van der Waals surface area contributed by atoms with Gasteiger partial charge in [-0.05, 0) is 56.5 Å². The Hall–Kier alpha value is -2.58. The highest BCUT2D eigenvalue weighted by Crippen LogP contribution is 2.31. The van der Waals surface area contributed by atoms with Gasteiger partial charge in [0.15, 0.2) is 0 Å². The van der Waals surface area contributed by atoms with E-state index in [1.807, 2.05) is 0 Å². The average molecular weight is 479 g/mol. The molecule has 1 aliphatic carbocycles. The monoisotopic (exact) mass is 478 g/mol. The Labute approximate surface area is 202 Å². The first-order valence-corrected chi connectivity index (χ1v) is 13.6. The molecule has 1 saturated heterocycles. The van der Waals surface area contributed by atoms with Crippen LogP contribution in [0.1, 0.15) is 30.4 Å². The first-order valence-electron chi connectivity index (χ1n) is 12.3. The first-order chi connectivity index (χ1) is 16.6. The number of aromatic nitrogens is 2. The van der Waals surface area contributed by atoms with Crippen molar-refractivity contribution in [3.63, 3.8) is 0 Å². The molecule has 1 aromatic heterocycles. The standard InChI is InChI=1S/C26H31FN6S/c1-17-6-9-22-20(14-17)25(29-23-10-11-28-15-21(23)27)31-26(30-22)33-12-13-34(32-19-7-8-19)24-5-3-2-4-18(24)16-33/h2-6,9,14,19,21,23,28H,7-8,10-13,15-16H2,1H3,(H,29,30,31). The molecule has 2 aliphatic heterocycles. The van der Waals surface area contributed by atoms with E-state index < -0.39 is 6.17 Å². The topological polar surface area (TPSA) is 65.4 Å².